The molecule has 0 aliphatic rings. The van der Waals surface area contributed by atoms with Crippen molar-refractivity contribution in [3.63, 3.8) is 0 Å². The first-order valence-corrected chi connectivity index (χ1v) is 8.71. The van der Waals surface area contributed by atoms with E-state index in [0.717, 1.165) is 38.6 Å². The summed E-state index contributed by atoms with van der Waals surface area (Å²) in [5, 5.41) is 3.12. The lowest BCUT2D eigenvalue weighted by molar-refractivity contribution is -0.124. The van der Waals surface area contributed by atoms with E-state index in [1.165, 1.54) is 0 Å². The molecule has 4 heteroatoms. The molecule has 0 radical (unpaired) electrons. The Kier molecular flexibility index (Phi) is 9.54. The molecule has 0 spiro atoms. The Morgan fingerprint density at radius 1 is 1.26 bits per heavy atom. The first kappa shape index (κ1) is 18.8. The monoisotopic (exact) mass is 288 g/mol. The summed E-state index contributed by atoms with van der Waals surface area (Å²) in [6.45, 7) is 9.18. The third-order valence-corrected chi connectivity index (χ3v) is 5.64. The van der Waals surface area contributed by atoms with Gasteiger partial charge in [-0.25, -0.2) is 0 Å². The minimum atomic E-state index is 0.0898. The van der Waals surface area contributed by atoms with Crippen LogP contribution >= 0.6 is 11.8 Å². The smallest absolute Gasteiger partial charge is 0.222 e. The standard InChI is InChI=1S/C15H32N2OS/c1-6-15(7-2,19-5)11-17-14(18)12(3)9-8-10-13(4)16/h12-13H,6-11,16H2,1-5H3,(H,17,18). The van der Waals surface area contributed by atoms with E-state index in [4.69, 9.17) is 5.73 Å². The molecular weight excluding hydrogens is 256 g/mol. The second kappa shape index (κ2) is 9.65. The average Bonchev–Trinajstić information content (AvgIpc) is 2.40. The van der Waals surface area contributed by atoms with Crippen LogP contribution in [0.4, 0.5) is 0 Å². The highest BCUT2D eigenvalue weighted by atomic mass is 32.2. The van der Waals surface area contributed by atoms with Crippen LogP contribution in [0.25, 0.3) is 0 Å². The third kappa shape index (κ3) is 7.21. The molecule has 114 valence electrons. The fourth-order valence-electron chi connectivity index (χ4n) is 2.16. The van der Waals surface area contributed by atoms with E-state index in [9.17, 15) is 4.79 Å². The van der Waals surface area contributed by atoms with Gasteiger partial charge >= 0.3 is 0 Å². The summed E-state index contributed by atoms with van der Waals surface area (Å²) >= 11 is 1.86. The van der Waals surface area contributed by atoms with E-state index in [-0.39, 0.29) is 22.6 Å². The molecule has 3 nitrogen and oxygen atoms in total. The van der Waals surface area contributed by atoms with Crippen LogP contribution in [-0.4, -0.2) is 29.5 Å². The van der Waals surface area contributed by atoms with Crippen molar-refractivity contribution in [2.45, 2.75) is 70.6 Å². The zero-order chi connectivity index (χ0) is 14.9. The molecule has 0 saturated heterocycles. The summed E-state index contributed by atoms with van der Waals surface area (Å²) in [5.74, 6) is 0.275. The average molecular weight is 289 g/mol. The quantitative estimate of drug-likeness (QED) is 0.649. The van der Waals surface area contributed by atoms with Crippen LogP contribution in [0.5, 0.6) is 0 Å². The number of carbonyl (C=O) groups excluding carboxylic acids is 1. The van der Waals surface area contributed by atoms with Crippen molar-refractivity contribution >= 4 is 17.7 Å². The molecule has 2 atom stereocenters. The summed E-state index contributed by atoms with van der Waals surface area (Å²) in [6.07, 6.45) is 7.26. The van der Waals surface area contributed by atoms with Crippen LogP contribution in [-0.2, 0) is 4.79 Å². The lowest BCUT2D eigenvalue weighted by Crippen LogP contribution is -2.41. The van der Waals surface area contributed by atoms with Gasteiger partial charge in [-0.1, -0.05) is 27.2 Å². The third-order valence-electron chi connectivity index (χ3n) is 4.05. The summed E-state index contributed by atoms with van der Waals surface area (Å²) in [4.78, 5) is 12.1. The number of nitrogens with one attached hydrogen (secondary N) is 1. The van der Waals surface area contributed by atoms with Crippen molar-refractivity contribution in [3.8, 4) is 0 Å². The van der Waals surface area contributed by atoms with Gasteiger partial charge in [0.05, 0.1) is 0 Å². The fourth-order valence-corrected chi connectivity index (χ4v) is 2.95. The number of amides is 1. The second-order valence-corrected chi connectivity index (χ2v) is 6.90. The van der Waals surface area contributed by atoms with Crippen molar-refractivity contribution in [3.05, 3.63) is 0 Å². The van der Waals surface area contributed by atoms with Crippen molar-refractivity contribution < 1.29 is 4.79 Å². The Labute approximate surface area is 123 Å². The molecule has 1 amide bonds. The molecule has 0 aromatic rings. The Balaban J connectivity index is 4.08. The molecule has 19 heavy (non-hydrogen) atoms. The van der Waals surface area contributed by atoms with E-state index in [0.29, 0.717) is 0 Å². The SMILES string of the molecule is CCC(CC)(CNC(=O)C(C)CCCC(C)N)SC. The molecule has 2 unspecified atom stereocenters. The minimum absolute atomic E-state index is 0.0898. The molecule has 3 N–H and O–H groups in total. The summed E-state index contributed by atoms with van der Waals surface area (Å²) in [7, 11) is 0. The second-order valence-electron chi connectivity index (χ2n) is 5.62. The summed E-state index contributed by atoms with van der Waals surface area (Å²) in [6, 6.07) is 0.236. The van der Waals surface area contributed by atoms with Crippen LogP contribution in [0.15, 0.2) is 0 Å². The van der Waals surface area contributed by atoms with Crippen LogP contribution in [0.2, 0.25) is 0 Å². The number of carbonyl (C=O) groups is 1. The molecule has 0 aromatic heterocycles. The molecule has 0 aliphatic heterocycles. The van der Waals surface area contributed by atoms with Gasteiger partial charge in [0.2, 0.25) is 5.91 Å². The van der Waals surface area contributed by atoms with Crippen LogP contribution in [0, 0.1) is 5.92 Å². The molecule has 0 fully saturated rings. The van der Waals surface area contributed by atoms with E-state index in [1.807, 2.05) is 25.6 Å². The Morgan fingerprint density at radius 3 is 2.26 bits per heavy atom. The normalized spacial score (nSPS) is 15.1. The fraction of sp³-hybridized carbons (Fsp3) is 0.933. The maximum absolute atomic E-state index is 12.1. The molecular formula is C15H32N2OS. The largest absolute Gasteiger partial charge is 0.354 e. The van der Waals surface area contributed by atoms with E-state index >= 15 is 0 Å². The lowest BCUT2D eigenvalue weighted by Gasteiger charge is -2.30. The molecule has 0 saturated carbocycles. The Bertz CT molecular complexity index is 244. The zero-order valence-electron chi connectivity index (χ0n) is 13.3. The van der Waals surface area contributed by atoms with Gasteiger partial charge in [-0.2, -0.15) is 11.8 Å². The van der Waals surface area contributed by atoms with Gasteiger partial charge in [0.25, 0.3) is 0 Å². The maximum atomic E-state index is 12.1. The number of hydrogen-bond acceptors (Lipinski definition) is 3. The van der Waals surface area contributed by atoms with Crippen LogP contribution in [0.1, 0.15) is 59.8 Å². The Hall–Kier alpha value is -0.220. The van der Waals surface area contributed by atoms with Crippen LogP contribution in [0.3, 0.4) is 0 Å². The highest BCUT2D eigenvalue weighted by Gasteiger charge is 2.26. The number of hydrogen-bond donors (Lipinski definition) is 2. The first-order chi connectivity index (χ1) is 8.90. The van der Waals surface area contributed by atoms with E-state index in [1.54, 1.807) is 0 Å². The van der Waals surface area contributed by atoms with Gasteiger partial charge in [0.15, 0.2) is 0 Å². The molecule has 0 aliphatic carbocycles. The number of nitrogens with two attached hydrogens (primary N) is 1. The summed E-state index contributed by atoms with van der Waals surface area (Å²) in [5.41, 5.74) is 5.72. The van der Waals surface area contributed by atoms with Gasteiger partial charge in [-0.05, 0) is 38.9 Å². The highest BCUT2D eigenvalue weighted by Crippen LogP contribution is 2.29. The zero-order valence-corrected chi connectivity index (χ0v) is 14.1. The molecule has 0 bridgehead atoms. The van der Waals surface area contributed by atoms with Crippen molar-refractivity contribution in [1.29, 1.82) is 0 Å². The summed E-state index contributed by atoms with van der Waals surface area (Å²) < 4.78 is 0.196. The van der Waals surface area contributed by atoms with Crippen molar-refractivity contribution in [2.75, 3.05) is 12.8 Å². The minimum Gasteiger partial charge on any atom is -0.354 e. The molecule has 0 heterocycles. The van der Waals surface area contributed by atoms with E-state index in [2.05, 4.69) is 25.4 Å². The maximum Gasteiger partial charge on any atom is 0.222 e. The van der Waals surface area contributed by atoms with Crippen LogP contribution < -0.4 is 11.1 Å². The number of rotatable bonds is 10. The first-order valence-electron chi connectivity index (χ1n) is 7.49. The van der Waals surface area contributed by atoms with E-state index < -0.39 is 0 Å². The highest BCUT2D eigenvalue weighted by molar-refractivity contribution is 8.00. The van der Waals surface area contributed by atoms with Gasteiger partial charge in [0, 0.05) is 23.3 Å². The number of thioether (sulfide) groups is 1. The lowest BCUT2D eigenvalue weighted by atomic mass is 9.99. The van der Waals surface area contributed by atoms with Crippen molar-refractivity contribution in [1.82, 2.24) is 5.32 Å². The van der Waals surface area contributed by atoms with Crippen molar-refractivity contribution in [2.24, 2.45) is 11.7 Å². The molecule has 0 rings (SSSR count). The van der Waals surface area contributed by atoms with Gasteiger partial charge in [-0.15, -0.1) is 0 Å². The predicted octanol–water partition coefficient (Wildman–Crippen LogP) is 3.18. The Morgan fingerprint density at radius 2 is 1.84 bits per heavy atom. The van der Waals surface area contributed by atoms with Gasteiger partial charge in [0.1, 0.15) is 0 Å². The predicted molar refractivity (Wildman–Crippen MR) is 86.5 cm³/mol. The topological polar surface area (TPSA) is 55.1 Å². The molecule has 0 aromatic carbocycles. The van der Waals surface area contributed by atoms with Gasteiger partial charge in [-0.3, -0.25) is 4.79 Å². The van der Waals surface area contributed by atoms with Gasteiger partial charge < -0.3 is 11.1 Å².